The van der Waals surface area contributed by atoms with Crippen molar-refractivity contribution in [1.29, 1.82) is 0 Å². The summed E-state index contributed by atoms with van der Waals surface area (Å²) in [5.74, 6) is -1.53. The molecule has 2 heterocycles. The van der Waals surface area contributed by atoms with Gasteiger partial charge < -0.3 is 16.4 Å². The fraction of sp³-hybridized carbons (Fsp3) is 0.0667. The van der Waals surface area contributed by atoms with Crippen molar-refractivity contribution in [3.05, 3.63) is 51.7 Å². The van der Waals surface area contributed by atoms with Crippen LogP contribution in [0.25, 0.3) is 10.9 Å². The van der Waals surface area contributed by atoms with Gasteiger partial charge >= 0.3 is 35.5 Å². The maximum Gasteiger partial charge on any atom is 1.00 e. The number of aromatic carboxylic acids is 1. The maximum absolute atomic E-state index is 14.0. The average molecular weight is 435 g/mol. The fourth-order valence-corrected chi connectivity index (χ4v) is 2.84. The van der Waals surface area contributed by atoms with Crippen LogP contribution in [0.2, 0.25) is 0 Å². The molecule has 0 spiro atoms. The number of hydrogen-bond acceptors (Lipinski definition) is 3. The summed E-state index contributed by atoms with van der Waals surface area (Å²) in [5.41, 5.74) is 1.32. The third-order valence-corrected chi connectivity index (χ3v) is 4.07. The molecule has 0 aliphatic carbocycles. The number of carboxylic acids is 1. The van der Waals surface area contributed by atoms with E-state index in [1.165, 1.54) is 6.07 Å². The van der Waals surface area contributed by atoms with Gasteiger partial charge in [-0.15, -0.1) is 0 Å². The van der Waals surface area contributed by atoms with Crippen molar-refractivity contribution in [2.24, 2.45) is 7.05 Å². The van der Waals surface area contributed by atoms with Crippen LogP contribution in [-0.4, -0.2) is 20.6 Å². The molecule has 0 radical (unpaired) electrons. The quantitative estimate of drug-likeness (QED) is 0.474. The van der Waals surface area contributed by atoms with Gasteiger partial charge in [0.05, 0.1) is 16.9 Å². The molecule has 0 unspecified atom stereocenters. The number of carboxylic acid groups (broad SMARTS) is 1. The molecule has 2 aromatic heterocycles. The largest absolute Gasteiger partial charge is 1.00 e. The standard InChI is InChI=1S/C15H11FIN3O2.Na.H/c1-20-12-4-5-18-7-9(12)13(14(20)15(21)22)19-11-3-2-8(17)6-10(11)16;;/h2-7,19H,1H3,(H,21,22);;/q;+1;-1. The van der Waals surface area contributed by atoms with E-state index < -0.39 is 11.8 Å². The molecule has 0 amide bonds. The molecule has 0 fully saturated rings. The minimum Gasteiger partial charge on any atom is -1.00 e. The summed E-state index contributed by atoms with van der Waals surface area (Å²) in [6.45, 7) is 0. The van der Waals surface area contributed by atoms with Crippen LogP contribution in [0.3, 0.4) is 0 Å². The number of nitrogens with one attached hydrogen (secondary N) is 1. The Morgan fingerprint density at radius 1 is 1.43 bits per heavy atom. The van der Waals surface area contributed by atoms with Crippen LogP contribution in [0.5, 0.6) is 0 Å². The molecule has 8 heteroatoms. The number of hydrogen-bond donors (Lipinski definition) is 2. The summed E-state index contributed by atoms with van der Waals surface area (Å²) < 4.78 is 16.3. The molecule has 0 saturated heterocycles. The number of aryl methyl sites for hydroxylation is 1. The Balaban J connectivity index is 0.00000144. The molecule has 0 bridgehead atoms. The Morgan fingerprint density at radius 2 is 2.17 bits per heavy atom. The van der Waals surface area contributed by atoms with Crippen molar-refractivity contribution >= 4 is 50.8 Å². The number of aromatic nitrogens is 2. The predicted octanol–water partition coefficient (Wildman–Crippen LogP) is 0.875. The van der Waals surface area contributed by atoms with Gasteiger partial charge in [0.15, 0.2) is 5.69 Å². The van der Waals surface area contributed by atoms with Crippen LogP contribution in [0.4, 0.5) is 15.8 Å². The number of pyridine rings is 1. The van der Waals surface area contributed by atoms with E-state index in [2.05, 4.69) is 10.3 Å². The van der Waals surface area contributed by atoms with E-state index in [4.69, 9.17) is 0 Å². The van der Waals surface area contributed by atoms with Gasteiger partial charge in [-0.05, 0) is 46.9 Å². The topological polar surface area (TPSA) is 67.2 Å². The summed E-state index contributed by atoms with van der Waals surface area (Å²) in [6, 6.07) is 6.43. The monoisotopic (exact) mass is 435 g/mol. The van der Waals surface area contributed by atoms with Crippen LogP contribution in [0, 0.1) is 9.39 Å². The third-order valence-electron chi connectivity index (χ3n) is 3.39. The molecule has 0 saturated carbocycles. The Morgan fingerprint density at radius 3 is 2.83 bits per heavy atom. The second kappa shape index (κ2) is 7.16. The van der Waals surface area contributed by atoms with Crippen molar-refractivity contribution in [1.82, 2.24) is 9.55 Å². The van der Waals surface area contributed by atoms with E-state index in [-0.39, 0.29) is 42.4 Å². The van der Waals surface area contributed by atoms with Gasteiger partial charge in [-0.2, -0.15) is 0 Å². The Kier molecular flexibility index (Phi) is 5.66. The van der Waals surface area contributed by atoms with Gasteiger partial charge in [0.2, 0.25) is 0 Å². The zero-order valence-electron chi connectivity index (χ0n) is 13.5. The first-order valence-corrected chi connectivity index (χ1v) is 7.44. The molecule has 5 nitrogen and oxygen atoms in total. The van der Waals surface area contributed by atoms with E-state index in [0.29, 0.717) is 16.6 Å². The second-order valence-electron chi connectivity index (χ2n) is 4.73. The smallest absolute Gasteiger partial charge is 1.00 e. The summed E-state index contributed by atoms with van der Waals surface area (Å²) in [5, 5.41) is 13.0. The van der Waals surface area contributed by atoms with Gasteiger partial charge in [0, 0.05) is 28.4 Å². The summed E-state index contributed by atoms with van der Waals surface area (Å²) >= 11 is 2.01. The van der Waals surface area contributed by atoms with E-state index in [1.807, 2.05) is 22.6 Å². The summed E-state index contributed by atoms with van der Waals surface area (Å²) in [6.07, 6.45) is 3.15. The van der Waals surface area contributed by atoms with Crippen molar-refractivity contribution in [2.45, 2.75) is 0 Å². The Labute approximate surface area is 168 Å². The SMILES string of the molecule is Cn1c(C(=O)O)c(Nc2ccc(I)cc2F)c2cnccc21.[H-].[Na+]. The van der Waals surface area contributed by atoms with Gasteiger partial charge in [-0.25, -0.2) is 9.18 Å². The molecule has 2 N–H and O–H groups in total. The third kappa shape index (κ3) is 3.37. The van der Waals surface area contributed by atoms with Crippen LogP contribution in [0.1, 0.15) is 11.9 Å². The van der Waals surface area contributed by atoms with E-state index >= 15 is 0 Å². The zero-order valence-corrected chi connectivity index (χ0v) is 16.6. The summed E-state index contributed by atoms with van der Waals surface area (Å²) in [4.78, 5) is 15.6. The Hall–Kier alpha value is -1.16. The van der Waals surface area contributed by atoms with Crippen LogP contribution < -0.4 is 34.9 Å². The first-order chi connectivity index (χ1) is 10.5. The number of rotatable bonds is 3. The fourth-order valence-electron chi connectivity index (χ4n) is 2.39. The molecule has 23 heavy (non-hydrogen) atoms. The van der Waals surface area contributed by atoms with Crippen molar-refractivity contribution < 1.29 is 45.3 Å². The van der Waals surface area contributed by atoms with Crippen molar-refractivity contribution in [3.63, 3.8) is 0 Å². The van der Waals surface area contributed by atoms with Crippen LogP contribution in [0.15, 0.2) is 36.7 Å². The van der Waals surface area contributed by atoms with E-state index in [9.17, 15) is 14.3 Å². The van der Waals surface area contributed by atoms with E-state index in [1.54, 1.807) is 42.2 Å². The molecule has 0 atom stereocenters. The minimum atomic E-state index is -1.09. The average Bonchev–Trinajstić information content (AvgIpc) is 2.75. The molecule has 3 rings (SSSR count). The predicted molar refractivity (Wildman–Crippen MR) is 91.2 cm³/mol. The number of benzene rings is 1. The number of carbonyl (C=O) groups is 1. The van der Waals surface area contributed by atoms with Gasteiger partial charge in [0.1, 0.15) is 5.82 Å². The van der Waals surface area contributed by atoms with Crippen molar-refractivity contribution in [3.8, 4) is 0 Å². The number of nitrogens with zero attached hydrogens (tertiary/aromatic N) is 2. The number of fused-ring (bicyclic) bond motifs is 1. The maximum atomic E-state index is 14.0. The number of halogens is 2. The van der Waals surface area contributed by atoms with Gasteiger partial charge in [-0.3, -0.25) is 4.98 Å². The summed E-state index contributed by atoms with van der Waals surface area (Å²) in [7, 11) is 1.65. The van der Waals surface area contributed by atoms with Crippen molar-refractivity contribution in [2.75, 3.05) is 5.32 Å². The Bertz CT molecular complexity index is 904. The molecule has 114 valence electrons. The van der Waals surface area contributed by atoms with Crippen LogP contribution in [-0.2, 0) is 7.05 Å². The molecule has 3 aromatic rings. The van der Waals surface area contributed by atoms with Crippen LogP contribution >= 0.6 is 22.6 Å². The normalized spacial score (nSPS) is 10.4. The molecular weight excluding hydrogens is 423 g/mol. The second-order valence-corrected chi connectivity index (χ2v) is 5.98. The molecule has 0 aliphatic heterocycles. The first-order valence-electron chi connectivity index (χ1n) is 6.37. The minimum absolute atomic E-state index is 0. The molecule has 1 aromatic carbocycles. The first kappa shape index (κ1) is 18.2. The van der Waals surface area contributed by atoms with E-state index in [0.717, 1.165) is 3.57 Å². The van der Waals surface area contributed by atoms with Gasteiger partial charge in [-0.1, -0.05) is 0 Å². The van der Waals surface area contributed by atoms with Gasteiger partial charge in [0.25, 0.3) is 0 Å². The number of anilines is 2. The molecular formula is C15H12FIN3NaO2. The zero-order chi connectivity index (χ0) is 15.9. The molecule has 0 aliphatic rings.